The maximum absolute atomic E-state index is 5.83. The van der Waals surface area contributed by atoms with Crippen molar-refractivity contribution in [2.75, 3.05) is 6.61 Å². The molecule has 0 aliphatic carbocycles. The molecule has 4 heteroatoms. The molecule has 0 aromatic carbocycles. The van der Waals surface area contributed by atoms with Crippen molar-refractivity contribution >= 4 is 0 Å². The number of nitrogens with zero attached hydrogens (tertiary/aromatic N) is 2. The van der Waals surface area contributed by atoms with Crippen LogP contribution in [0.1, 0.15) is 50.0 Å². The minimum atomic E-state index is -0.364. The summed E-state index contributed by atoms with van der Waals surface area (Å²) in [6.45, 7) is 10.7. The Bertz CT molecular complexity index is 419. The number of ether oxygens (including phenoxy) is 1. The second kappa shape index (κ2) is 4.70. The van der Waals surface area contributed by atoms with Crippen LogP contribution in [0.5, 0.6) is 0 Å². The molecule has 1 aromatic rings. The lowest BCUT2D eigenvalue weighted by atomic mass is 10.0. The summed E-state index contributed by atoms with van der Waals surface area (Å²) in [5, 5.41) is 3.31. The van der Waals surface area contributed by atoms with Crippen molar-refractivity contribution in [3.05, 3.63) is 22.8 Å². The van der Waals surface area contributed by atoms with Crippen LogP contribution in [0.3, 0.4) is 0 Å². The fraction of sp³-hybridized carbons (Fsp3) is 0.692. The molecule has 1 aliphatic heterocycles. The van der Waals surface area contributed by atoms with Crippen LogP contribution in [0.4, 0.5) is 0 Å². The molecule has 4 nitrogen and oxygen atoms in total. The molecule has 1 N–H and O–H groups in total. The predicted octanol–water partition coefficient (Wildman–Crippen LogP) is 2.05. The molecular formula is C13H21N3O. The van der Waals surface area contributed by atoms with Crippen LogP contribution in [0, 0.1) is 6.92 Å². The topological polar surface area (TPSA) is 47.0 Å². The lowest BCUT2D eigenvalue weighted by molar-refractivity contribution is -0.0393. The van der Waals surface area contributed by atoms with Gasteiger partial charge in [0.1, 0.15) is 5.60 Å². The van der Waals surface area contributed by atoms with Gasteiger partial charge in [0.2, 0.25) is 0 Å². The summed E-state index contributed by atoms with van der Waals surface area (Å²) in [7, 11) is 0. The van der Waals surface area contributed by atoms with Gasteiger partial charge in [-0.25, -0.2) is 9.97 Å². The number of aromatic nitrogens is 2. The monoisotopic (exact) mass is 235 g/mol. The van der Waals surface area contributed by atoms with Crippen molar-refractivity contribution in [1.82, 2.24) is 15.3 Å². The average Bonchev–Trinajstić information content (AvgIpc) is 2.78. The summed E-state index contributed by atoms with van der Waals surface area (Å²) in [6, 6.07) is 0. The maximum Gasteiger partial charge on any atom is 0.160 e. The van der Waals surface area contributed by atoms with E-state index in [2.05, 4.69) is 36.1 Å². The van der Waals surface area contributed by atoms with Gasteiger partial charge in [-0.05, 0) is 27.2 Å². The van der Waals surface area contributed by atoms with Crippen molar-refractivity contribution in [1.29, 1.82) is 0 Å². The summed E-state index contributed by atoms with van der Waals surface area (Å²) >= 11 is 0. The minimum Gasteiger partial charge on any atom is -0.368 e. The van der Waals surface area contributed by atoms with Crippen LogP contribution in [0.15, 0.2) is 0 Å². The summed E-state index contributed by atoms with van der Waals surface area (Å²) in [5.74, 6) is 0.821. The third-order valence-electron chi connectivity index (χ3n) is 3.50. The summed E-state index contributed by atoms with van der Waals surface area (Å²) < 4.78 is 5.83. The van der Waals surface area contributed by atoms with E-state index in [1.807, 2.05) is 6.92 Å². The van der Waals surface area contributed by atoms with E-state index in [4.69, 9.17) is 4.74 Å². The van der Waals surface area contributed by atoms with E-state index in [9.17, 15) is 0 Å². The Labute approximate surface area is 103 Å². The Morgan fingerprint density at radius 1 is 1.29 bits per heavy atom. The third kappa shape index (κ3) is 2.19. The van der Waals surface area contributed by atoms with E-state index in [1.165, 1.54) is 5.56 Å². The molecule has 0 amide bonds. The highest BCUT2D eigenvalue weighted by Gasteiger charge is 2.30. The number of hydrogen-bond donors (Lipinski definition) is 1. The highest BCUT2D eigenvalue weighted by molar-refractivity contribution is 5.29. The van der Waals surface area contributed by atoms with Gasteiger partial charge in [0, 0.05) is 31.0 Å². The molecule has 0 fully saturated rings. The van der Waals surface area contributed by atoms with Gasteiger partial charge in [-0.3, -0.25) is 0 Å². The van der Waals surface area contributed by atoms with Crippen molar-refractivity contribution in [3.8, 4) is 0 Å². The standard InChI is InChI=1S/C13H21N3O/c1-5-13(4,17-6-2)12-15-9(3)10-7-14-8-11(10)16-12/h14H,5-8H2,1-4H3. The van der Waals surface area contributed by atoms with Gasteiger partial charge in [0.25, 0.3) is 0 Å². The van der Waals surface area contributed by atoms with Crippen LogP contribution in [0.2, 0.25) is 0 Å². The Morgan fingerprint density at radius 3 is 2.71 bits per heavy atom. The van der Waals surface area contributed by atoms with Crippen molar-refractivity contribution < 1.29 is 4.74 Å². The molecule has 1 atom stereocenters. The fourth-order valence-electron chi connectivity index (χ4n) is 2.22. The minimum absolute atomic E-state index is 0.364. The molecule has 0 saturated carbocycles. The summed E-state index contributed by atoms with van der Waals surface area (Å²) in [6.07, 6.45) is 0.881. The summed E-state index contributed by atoms with van der Waals surface area (Å²) in [4.78, 5) is 9.31. The van der Waals surface area contributed by atoms with Gasteiger partial charge in [0.05, 0.1) is 5.69 Å². The quantitative estimate of drug-likeness (QED) is 0.867. The molecule has 2 rings (SSSR count). The van der Waals surface area contributed by atoms with Crippen LogP contribution >= 0.6 is 0 Å². The van der Waals surface area contributed by atoms with E-state index < -0.39 is 0 Å². The van der Waals surface area contributed by atoms with Gasteiger partial charge >= 0.3 is 0 Å². The maximum atomic E-state index is 5.83. The van der Waals surface area contributed by atoms with E-state index >= 15 is 0 Å². The third-order valence-corrected chi connectivity index (χ3v) is 3.50. The normalized spacial score (nSPS) is 17.9. The van der Waals surface area contributed by atoms with E-state index in [0.29, 0.717) is 6.61 Å². The zero-order chi connectivity index (χ0) is 12.5. The van der Waals surface area contributed by atoms with Crippen molar-refractivity contribution in [3.63, 3.8) is 0 Å². The zero-order valence-electron chi connectivity index (χ0n) is 11.1. The first-order chi connectivity index (χ1) is 8.10. The zero-order valence-corrected chi connectivity index (χ0v) is 11.1. The molecular weight excluding hydrogens is 214 g/mol. The number of aryl methyl sites for hydroxylation is 1. The number of nitrogens with one attached hydrogen (secondary N) is 1. The highest BCUT2D eigenvalue weighted by Crippen LogP contribution is 2.28. The van der Waals surface area contributed by atoms with Gasteiger partial charge in [0.15, 0.2) is 5.82 Å². The summed E-state index contributed by atoms with van der Waals surface area (Å²) in [5.41, 5.74) is 3.10. The van der Waals surface area contributed by atoms with Gasteiger partial charge in [-0.2, -0.15) is 0 Å². The fourth-order valence-corrected chi connectivity index (χ4v) is 2.22. The van der Waals surface area contributed by atoms with Gasteiger partial charge < -0.3 is 10.1 Å². The molecule has 0 spiro atoms. The predicted molar refractivity (Wildman–Crippen MR) is 66.6 cm³/mol. The second-order valence-electron chi connectivity index (χ2n) is 4.68. The SMILES string of the molecule is CCOC(C)(CC)c1nc(C)c2c(n1)CNC2. The molecule has 2 heterocycles. The molecule has 0 saturated heterocycles. The van der Waals surface area contributed by atoms with Crippen molar-refractivity contribution in [2.24, 2.45) is 0 Å². The van der Waals surface area contributed by atoms with Gasteiger partial charge in [-0.1, -0.05) is 6.92 Å². The molecule has 1 aromatic heterocycles. The first-order valence-corrected chi connectivity index (χ1v) is 6.32. The van der Waals surface area contributed by atoms with E-state index in [0.717, 1.165) is 36.7 Å². The largest absolute Gasteiger partial charge is 0.368 e. The molecule has 0 bridgehead atoms. The Hall–Kier alpha value is -1.00. The van der Waals surface area contributed by atoms with Gasteiger partial charge in [-0.15, -0.1) is 0 Å². The molecule has 1 unspecified atom stereocenters. The lowest BCUT2D eigenvalue weighted by Crippen LogP contribution is -2.28. The first-order valence-electron chi connectivity index (χ1n) is 6.32. The smallest absolute Gasteiger partial charge is 0.160 e. The molecule has 17 heavy (non-hydrogen) atoms. The Morgan fingerprint density at radius 2 is 2.06 bits per heavy atom. The molecule has 1 aliphatic rings. The second-order valence-corrected chi connectivity index (χ2v) is 4.68. The lowest BCUT2D eigenvalue weighted by Gasteiger charge is -2.27. The molecule has 0 radical (unpaired) electrons. The molecule has 94 valence electrons. The van der Waals surface area contributed by atoms with Crippen LogP contribution in [-0.4, -0.2) is 16.6 Å². The van der Waals surface area contributed by atoms with E-state index in [1.54, 1.807) is 0 Å². The van der Waals surface area contributed by atoms with Crippen LogP contribution < -0.4 is 5.32 Å². The number of rotatable bonds is 4. The Kier molecular flexibility index (Phi) is 3.45. The van der Waals surface area contributed by atoms with Crippen LogP contribution in [-0.2, 0) is 23.4 Å². The van der Waals surface area contributed by atoms with Crippen LogP contribution in [0.25, 0.3) is 0 Å². The number of fused-ring (bicyclic) bond motifs is 1. The average molecular weight is 235 g/mol. The van der Waals surface area contributed by atoms with E-state index in [-0.39, 0.29) is 5.60 Å². The number of hydrogen-bond acceptors (Lipinski definition) is 4. The highest BCUT2D eigenvalue weighted by atomic mass is 16.5. The Balaban J connectivity index is 2.42. The first kappa shape index (κ1) is 12.5. The van der Waals surface area contributed by atoms with Crippen molar-refractivity contribution in [2.45, 2.75) is 52.8 Å².